The minimum Gasteiger partial charge on any atom is -0.509 e. The Hall–Kier alpha value is -1.81. The summed E-state index contributed by atoms with van der Waals surface area (Å²) >= 11 is 0. The molecule has 0 aliphatic heterocycles. The fourth-order valence-electron chi connectivity index (χ4n) is 2.76. The van der Waals surface area contributed by atoms with Gasteiger partial charge in [0.25, 0.3) is 0 Å². The molecule has 1 rings (SSSR count). The Morgan fingerprint density at radius 3 is 2.20 bits per heavy atom. The van der Waals surface area contributed by atoms with E-state index < -0.39 is 5.60 Å². The molecular formula is C21H32O4. The predicted molar refractivity (Wildman–Crippen MR) is 101 cm³/mol. The summed E-state index contributed by atoms with van der Waals surface area (Å²) in [6.07, 6.45) is 4.75. The second-order valence-corrected chi connectivity index (χ2v) is 7.51. The molecule has 3 N–H and O–H groups in total. The summed E-state index contributed by atoms with van der Waals surface area (Å²) in [5.41, 5.74) is 0.937. The molecule has 1 aliphatic rings. The van der Waals surface area contributed by atoms with Crippen LogP contribution in [-0.2, 0) is 4.79 Å². The molecule has 25 heavy (non-hydrogen) atoms. The van der Waals surface area contributed by atoms with Crippen LogP contribution < -0.4 is 0 Å². The van der Waals surface area contributed by atoms with Crippen molar-refractivity contribution < 1.29 is 20.1 Å². The molecule has 0 radical (unpaired) electrons. The van der Waals surface area contributed by atoms with E-state index in [0.29, 0.717) is 6.42 Å². The second-order valence-electron chi connectivity index (χ2n) is 7.51. The van der Waals surface area contributed by atoms with Crippen LogP contribution in [0.15, 0.2) is 46.0 Å². The van der Waals surface area contributed by atoms with Gasteiger partial charge in [0.15, 0.2) is 5.78 Å². The summed E-state index contributed by atoms with van der Waals surface area (Å²) in [6, 6.07) is 0. The summed E-state index contributed by atoms with van der Waals surface area (Å²) in [5.74, 6) is -0.824. The van der Waals surface area contributed by atoms with Crippen molar-refractivity contribution >= 4 is 5.78 Å². The Labute approximate surface area is 151 Å². The lowest BCUT2D eigenvalue weighted by Gasteiger charge is -2.34. The Bertz CT molecular complexity index is 641. The Morgan fingerprint density at radius 2 is 1.72 bits per heavy atom. The lowest BCUT2D eigenvalue weighted by molar-refractivity contribution is -0.119. The van der Waals surface area contributed by atoms with Gasteiger partial charge in [-0.25, -0.2) is 0 Å². The Kier molecular flexibility index (Phi) is 7.24. The van der Waals surface area contributed by atoms with E-state index in [1.807, 2.05) is 53.7 Å². The fraction of sp³-hybridized carbons (Fsp3) is 0.571. The largest absolute Gasteiger partial charge is 0.509 e. The van der Waals surface area contributed by atoms with Gasteiger partial charge >= 0.3 is 0 Å². The van der Waals surface area contributed by atoms with Gasteiger partial charge in [0.2, 0.25) is 0 Å². The molecular weight excluding hydrogens is 316 g/mol. The molecule has 0 aromatic carbocycles. The van der Waals surface area contributed by atoms with Crippen LogP contribution in [0.3, 0.4) is 0 Å². The SMILES string of the molecule is CCC(C)C(=O)C1=C(O)C(CC=C(C)C)=C(O)[C@@](O)(CC=C(C)C)C1. The van der Waals surface area contributed by atoms with E-state index in [0.717, 1.165) is 11.1 Å². The van der Waals surface area contributed by atoms with Crippen LogP contribution in [0.4, 0.5) is 0 Å². The van der Waals surface area contributed by atoms with Crippen molar-refractivity contribution in [2.24, 2.45) is 5.92 Å². The van der Waals surface area contributed by atoms with Crippen LogP contribution in [-0.4, -0.2) is 26.7 Å². The molecule has 4 heteroatoms. The van der Waals surface area contributed by atoms with Crippen molar-refractivity contribution in [1.29, 1.82) is 0 Å². The van der Waals surface area contributed by atoms with Crippen molar-refractivity contribution in [2.45, 2.75) is 72.8 Å². The van der Waals surface area contributed by atoms with E-state index in [-0.39, 0.29) is 53.6 Å². The normalized spacial score (nSPS) is 21.9. The topological polar surface area (TPSA) is 77.8 Å². The molecule has 0 saturated heterocycles. The third-order valence-electron chi connectivity index (χ3n) is 4.69. The maximum atomic E-state index is 12.7. The fourth-order valence-corrected chi connectivity index (χ4v) is 2.76. The molecule has 0 bridgehead atoms. The zero-order valence-corrected chi connectivity index (χ0v) is 16.3. The number of ketones is 1. The quantitative estimate of drug-likeness (QED) is 0.561. The number of allylic oxidation sites excluding steroid dienone is 4. The molecule has 140 valence electrons. The molecule has 4 nitrogen and oxygen atoms in total. The van der Waals surface area contributed by atoms with Gasteiger partial charge in [-0.05, 0) is 40.5 Å². The van der Waals surface area contributed by atoms with Crippen LogP contribution in [0.25, 0.3) is 0 Å². The molecule has 0 saturated carbocycles. The maximum Gasteiger partial charge on any atom is 0.165 e. The molecule has 0 heterocycles. The molecule has 2 atom stereocenters. The predicted octanol–water partition coefficient (Wildman–Crippen LogP) is 5.07. The summed E-state index contributed by atoms with van der Waals surface area (Å²) in [6.45, 7) is 11.4. The summed E-state index contributed by atoms with van der Waals surface area (Å²) in [5, 5.41) is 32.3. The van der Waals surface area contributed by atoms with Crippen molar-refractivity contribution in [1.82, 2.24) is 0 Å². The average Bonchev–Trinajstić information content (AvgIpc) is 2.55. The highest BCUT2D eigenvalue weighted by Gasteiger charge is 2.42. The number of hydrogen-bond acceptors (Lipinski definition) is 4. The Balaban J connectivity index is 3.45. The average molecular weight is 348 g/mol. The number of aliphatic hydroxyl groups excluding tert-OH is 2. The van der Waals surface area contributed by atoms with E-state index in [2.05, 4.69) is 0 Å². The third kappa shape index (κ3) is 5.08. The highest BCUT2D eigenvalue weighted by Crippen LogP contribution is 2.40. The highest BCUT2D eigenvalue weighted by atomic mass is 16.3. The lowest BCUT2D eigenvalue weighted by atomic mass is 9.77. The molecule has 0 spiro atoms. The van der Waals surface area contributed by atoms with E-state index in [4.69, 9.17) is 0 Å². The second kappa shape index (κ2) is 8.52. The Morgan fingerprint density at radius 1 is 1.16 bits per heavy atom. The molecule has 1 unspecified atom stereocenters. The summed E-state index contributed by atoms with van der Waals surface area (Å²) in [4.78, 5) is 12.7. The van der Waals surface area contributed by atoms with Crippen molar-refractivity contribution in [3.8, 4) is 0 Å². The monoisotopic (exact) mass is 348 g/mol. The molecule has 0 fully saturated rings. The van der Waals surface area contributed by atoms with Crippen molar-refractivity contribution in [3.05, 3.63) is 46.0 Å². The number of hydrogen-bond donors (Lipinski definition) is 3. The van der Waals surface area contributed by atoms with E-state index in [1.54, 1.807) is 0 Å². The first-order valence-electron chi connectivity index (χ1n) is 8.91. The number of aliphatic hydroxyl groups is 3. The zero-order chi connectivity index (χ0) is 19.4. The number of carbonyl (C=O) groups excluding carboxylic acids is 1. The van der Waals surface area contributed by atoms with Crippen LogP contribution in [0.2, 0.25) is 0 Å². The molecule has 0 aromatic rings. The first kappa shape index (κ1) is 21.2. The van der Waals surface area contributed by atoms with Crippen LogP contribution in [0, 0.1) is 5.92 Å². The van der Waals surface area contributed by atoms with Crippen molar-refractivity contribution in [3.63, 3.8) is 0 Å². The first-order chi connectivity index (χ1) is 11.5. The third-order valence-corrected chi connectivity index (χ3v) is 4.69. The van der Waals surface area contributed by atoms with Gasteiger partial charge in [0.05, 0.1) is 0 Å². The van der Waals surface area contributed by atoms with Gasteiger partial charge in [-0.3, -0.25) is 4.79 Å². The summed E-state index contributed by atoms with van der Waals surface area (Å²) < 4.78 is 0. The number of Topliss-reactive ketones (excluding diaryl/α,β-unsaturated/α-hetero) is 1. The van der Waals surface area contributed by atoms with Crippen LogP contribution >= 0.6 is 0 Å². The van der Waals surface area contributed by atoms with Crippen LogP contribution in [0.5, 0.6) is 0 Å². The minimum atomic E-state index is -1.56. The summed E-state index contributed by atoms with van der Waals surface area (Å²) in [7, 11) is 0. The van der Waals surface area contributed by atoms with Gasteiger partial charge in [0.1, 0.15) is 17.1 Å². The van der Waals surface area contributed by atoms with Crippen LogP contribution in [0.1, 0.15) is 67.2 Å². The molecule has 0 amide bonds. The maximum absolute atomic E-state index is 12.7. The standard InChI is InChI=1S/C21H32O4/c1-7-15(6)18(22)17-12-21(25,11-10-14(4)5)20(24)16(19(17)23)9-8-13(2)3/h8,10,15,23-25H,7,9,11-12H2,1-6H3/t15?,21-/m1/s1. The van der Waals surface area contributed by atoms with Gasteiger partial charge in [-0.2, -0.15) is 0 Å². The lowest BCUT2D eigenvalue weighted by Crippen LogP contribution is -2.38. The minimum absolute atomic E-state index is 0.0735. The van der Waals surface area contributed by atoms with E-state index >= 15 is 0 Å². The number of rotatable bonds is 7. The highest BCUT2D eigenvalue weighted by molar-refractivity contribution is 5.98. The number of carbonyl (C=O) groups is 1. The van der Waals surface area contributed by atoms with E-state index in [9.17, 15) is 20.1 Å². The molecule has 1 aliphatic carbocycles. The van der Waals surface area contributed by atoms with Gasteiger partial charge < -0.3 is 15.3 Å². The van der Waals surface area contributed by atoms with Gasteiger partial charge in [0, 0.05) is 29.9 Å². The smallest absolute Gasteiger partial charge is 0.165 e. The van der Waals surface area contributed by atoms with Crippen molar-refractivity contribution in [2.75, 3.05) is 0 Å². The molecule has 0 aromatic heterocycles. The zero-order valence-electron chi connectivity index (χ0n) is 16.3. The first-order valence-corrected chi connectivity index (χ1v) is 8.91. The van der Waals surface area contributed by atoms with Gasteiger partial charge in [-0.1, -0.05) is 37.1 Å². The van der Waals surface area contributed by atoms with Gasteiger partial charge in [-0.15, -0.1) is 0 Å². The van der Waals surface area contributed by atoms with E-state index in [1.165, 1.54) is 0 Å².